The van der Waals surface area contributed by atoms with Gasteiger partial charge in [0.1, 0.15) is 5.82 Å². The van der Waals surface area contributed by atoms with E-state index in [1.54, 1.807) is 12.1 Å². The summed E-state index contributed by atoms with van der Waals surface area (Å²) >= 11 is 0. The molecule has 0 radical (unpaired) electrons. The summed E-state index contributed by atoms with van der Waals surface area (Å²) in [6.07, 6.45) is 1.41. The van der Waals surface area contributed by atoms with Gasteiger partial charge in [-0.05, 0) is 30.5 Å². The number of aromatic amines is 1. The van der Waals surface area contributed by atoms with Crippen molar-refractivity contribution in [1.29, 1.82) is 0 Å². The maximum Gasteiger partial charge on any atom is 0.257 e. The lowest BCUT2D eigenvalue weighted by Crippen LogP contribution is -2.19. The quantitative estimate of drug-likeness (QED) is 0.563. The van der Waals surface area contributed by atoms with Gasteiger partial charge >= 0.3 is 0 Å². The van der Waals surface area contributed by atoms with Gasteiger partial charge in [0, 0.05) is 18.1 Å². The maximum atomic E-state index is 12.6. The van der Waals surface area contributed by atoms with Crippen LogP contribution < -0.4 is 10.9 Å². The van der Waals surface area contributed by atoms with E-state index in [2.05, 4.69) is 20.4 Å². The third-order valence-corrected chi connectivity index (χ3v) is 4.49. The number of hydrogen-bond acceptors (Lipinski definition) is 4. The number of nitrogens with zero attached hydrogens (tertiary/aromatic N) is 3. The minimum absolute atomic E-state index is 0.283. The number of fused-ring (bicyclic) bond motifs is 1. The molecule has 0 aliphatic heterocycles. The summed E-state index contributed by atoms with van der Waals surface area (Å²) in [4.78, 5) is 31.7. The van der Waals surface area contributed by atoms with Crippen molar-refractivity contribution in [2.75, 3.05) is 5.32 Å². The van der Waals surface area contributed by atoms with Gasteiger partial charge in [0.25, 0.3) is 11.5 Å². The second-order valence-corrected chi connectivity index (χ2v) is 6.54. The van der Waals surface area contributed by atoms with Gasteiger partial charge < -0.3 is 5.32 Å². The first kappa shape index (κ1) is 17.7. The van der Waals surface area contributed by atoms with Gasteiger partial charge in [0.05, 0.1) is 0 Å². The van der Waals surface area contributed by atoms with Crippen LogP contribution in [0.15, 0.2) is 65.5 Å². The van der Waals surface area contributed by atoms with Crippen molar-refractivity contribution in [2.45, 2.75) is 19.8 Å². The highest BCUT2D eigenvalue weighted by Gasteiger charge is 2.14. The number of rotatable bonds is 5. The number of H-pyrrole nitrogens is 1. The van der Waals surface area contributed by atoms with Crippen molar-refractivity contribution in [3.05, 3.63) is 93.5 Å². The molecule has 0 aliphatic carbocycles. The zero-order chi connectivity index (χ0) is 19.5. The Kier molecular flexibility index (Phi) is 4.72. The predicted octanol–water partition coefficient (Wildman–Crippen LogP) is 2.76. The van der Waals surface area contributed by atoms with Crippen LogP contribution in [0.4, 0.5) is 5.82 Å². The molecule has 2 heterocycles. The molecule has 0 fully saturated rings. The van der Waals surface area contributed by atoms with Crippen LogP contribution in [0.1, 0.15) is 27.3 Å². The summed E-state index contributed by atoms with van der Waals surface area (Å²) in [7, 11) is 0. The minimum Gasteiger partial charge on any atom is -0.306 e. The molecular formula is C21H19N5O2. The molecule has 0 unspecified atom stereocenters. The molecule has 0 bridgehead atoms. The number of hydrogen-bond donors (Lipinski definition) is 2. The first-order valence-electron chi connectivity index (χ1n) is 9.00. The van der Waals surface area contributed by atoms with Crippen molar-refractivity contribution in [3.63, 3.8) is 0 Å². The van der Waals surface area contributed by atoms with Gasteiger partial charge in [0.15, 0.2) is 5.82 Å². The average Bonchev–Trinajstić information content (AvgIpc) is 3.10. The Balaban J connectivity index is 1.61. The van der Waals surface area contributed by atoms with Crippen molar-refractivity contribution in [2.24, 2.45) is 0 Å². The van der Waals surface area contributed by atoms with Crippen LogP contribution >= 0.6 is 0 Å². The average molecular weight is 373 g/mol. The van der Waals surface area contributed by atoms with Crippen molar-refractivity contribution < 1.29 is 4.79 Å². The standard InChI is InChI=1S/C21H19N5O2/c1-14-7-5-6-10-16(14)20(28)23-18-13-19(27)24-21-22-17(25-26(18)21)12-11-15-8-3-2-4-9-15/h2-10,13H,11-12H2,1H3,(H,23,28)(H,22,24,25,27). The molecule has 140 valence electrons. The van der Waals surface area contributed by atoms with E-state index in [9.17, 15) is 9.59 Å². The van der Waals surface area contributed by atoms with E-state index in [0.29, 0.717) is 23.6 Å². The summed E-state index contributed by atoms with van der Waals surface area (Å²) in [5.41, 5.74) is 2.22. The molecule has 28 heavy (non-hydrogen) atoms. The molecule has 7 heteroatoms. The van der Waals surface area contributed by atoms with Gasteiger partial charge in [-0.2, -0.15) is 9.50 Å². The lowest BCUT2D eigenvalue weighted by atomic mass is 10.1. The fraction of sp³-hybridized carbons (Fsp3) is 0.143. The molecule has 1 amide bonds. The summed E-state index contributed by atoms with van der Waals surface area (Å²) in [5.74, 6) is 0.879. The number of aromatic nitrogens is 4. The molecule has 0 saturated heterocycles. The molecule has 0 saturated carbocycles. The largest absolute Gasteiger partial charge is 0.306 e. The zero-order valence-corrected chi connectivity index (χ0v) is 15.3. The van der Waals surface area contributed by atoms with E-state index >= 15 is 0 Å². The molecule has 2 aromatic carbocycles. The topological polar surface area (TPSA) is 92.1 Å². The summed E-state index contributed by atoms with van der Waals surface area (Å²) in [6.45, 7) is 1.86. The number of carbonyl (C=O) groups excluding carboxylic acids is 1. The normalized spacial score (nSPS) is 10.9. The molecule has 0 aliphatic rings. The Hall–Kier alpha value is -3.74. The van der Waals surface area contributed by atoms with Gasteiger partial charge in [0.2, 0.25) is 5.78 Å². The van der Waals surface area contributed by atoms with E-state index in [1.165, 1.54) is 16.1 Å². The van der Waals surface area contributed by atoms with Crippen molar-refractivity contribution in [3.8, 4) is 0 Å². The third kappa shape index (κ3) is 3.68. The van der Waals surface area contributed by atoms with Gasteiger partial charge in [-0.1, -0.05) is 48.5 Å². The van der Waals surface area contributed by atoms with E-state index in [-0.39, 0.29) is 17.3 Å². The number of aryl methyl sites for hydroxylation is 3. The molecule has 0 spiro atoms. The molecule has 2 aromatic heterocycles. The third-order valence-electron chi connectivity index (χ3n) is 4.49. The highest BCUT2D eigenvalue weighted by atomic mass is 16.2. The smallest absolute Gasteiger partial charge is 0.257 e. The van der Waals surface area contributed by atoms with Crippen molar-refractivity contribution >= 4 is 17.5 Å². The van der Waals surface area contributed by atoms with Crippen LogP contribution in [0.5, 0.6) is 0 Å². The van der Waals surface area contributed by atoms with Gasteiger partial charge in [-0.15, -0.1) is 5.10 Å². The Labute approximate surface area is 161 Å². The highest BCUT2D eigenvalue weighted by molar-refractivity contribution is 6.04. The fourth-order valence-corrected chi connectivity index (χ4v) is 3.04. The first-order chi connectivity index (χ1) is 13.6. The fourth-order valence-electron chi connectivity index (χ4n) is 3.04. The first-order valence-corrected chi connectivity index (χ1v) is 9.00. The Morgan fingerprint density at radius 3 is 2.61 bits per heavy atom. The van der Waals surface area contributed by atoms with E-state index in [1.807, 2.05) is 49.4 Å². The number of carbonyl (C=O) groups is 1. The van der Waals surface area contributed by atoms with Crippen LogP contribution in [0.3, 0.4) is 0 Å². The Morgan fingerprint density at radius 2 is 1.82 bits per heavy atom. The molecular weight excluding hydrogens is 354 g/mol. The van der Waals surface area contributed by atoms with Crippen molar-refractivity contribution in [1.82, 2.24) is 19.6 Å². The number of amides is 1. The molecule has 7 nitrogen and oxygen atoms in total. The number of benzene rings is 2. The van der Waals surface area contributed by atoms with Crippen LogP contribution in [-0.4, -0.2) is 25.5 Å². The van der Waals surface area contributed by atoms with Gasteiger partial charge in [-0.3, -0.25) is 14.6 Å². The maximum absolute atomic E-state index is 12.6. The minimum atomic E-state index is -0.352. The van der Waals surface area contributed by atoms with E-state index in [0.717, 1.165) is 12.0 Å². The van der Waals surface area contributed by atoms with E-state index < -0.39 is 0 Å². The number of nitrogens with one attached hydrogen (secondary N) is 2. The summed E-state index contributed by atoms with van der Waals surface area (Å²) in [6, 6.07) is 18.6. The Morgan fingerprint density at radius 1 is 1.07 bits per heavy atom. The zero-order valence-electron chi connectivity index (χ0n) is 15.3. The molecule has 0 atom stereocenters. The lowest BCUT2D eigenvalue weighted by Gasteiger charge is -2.08. The molecule has 4 rings (SSSR count). The van der Waals surface area contributed by atoms with Crippen LogP contribution in [0.2, 0.25) is 0 Å². The summed E-state index contributed by atoms with van der Waals surface area (Å²) < 4.78 is 1.46. The van der Waals surface area contributed by atoms with Crippen LogP contribution in [0.25, 0.3) is 5.78 Å². The SMILES string of the molecule is Cc1ccccc1C(=O)Nc1cc(=O)[nH]c2nc(CCc3ccccc3)nn12. The van der Waals surface area contributed by atoms with E-state index in [4.69, 9.17) is 0 Å². The molecule has 4 aromatic rings. The highest BCUT2D eigenvalue weighted by Crippen LogP contribution is 2.12. The molecule has 2 N–H and O–H groups in total. The lowest BCUT2D eigenvalue weighted by molar-refractivity contribution is 0.102. The Bertz CT molecular complexity index is 1190. The monoisotopic (exact) mass is 373 g/mol. The summed E-state index contributed by atoms with van der Waals surface area (Å²) in [5, 5.41) is 7.23. The number of anilines is 1. The van der Waals surface area contributed by atoms with Crippen LogP contribution in [0, 0.1) is 6.92 Å². The second-order valence-electron chi connectivity index (χ2n) is 6.54. The second kappa shape index (κ2) is 7.48. The predicted molar refractivity (Wildman–Crippen MR) is 107 cm³/mol. The van der Waals surface area contributed by atoms with Gasteiger partial charge in [-0.25, -0.2) is 0 Å². The van der Waals surface area contributed by atoms with Crippen LogP contribution in [-0.2, 0) is 12.8 Å².